The van der Waals surface area contributed by atoms with Crippen LogP contribution in [0.3, 0.4) is 0 Å². The molecule has 0 bridgehead atoms. The van der Waals surface area contributed by atoms with E-state index in [0.717, 1.165) is 18.5 Å². The Kier molecular flexibility index (Phi) is 2.78. The summed E-state index contributed by atoms with van der Waals surface area (Å²) in [6, 6.07) is 3.44. The third-order valence-electron chi connectivity index (χ3n) is 2.63. The molecule has 4 N–H and O–H groups in total. The maximum atomic E-state index is 11.0. The lowest BCUT2D eigenvalue weighted by Gasteiger charge is -2.32. The molecule has 0 spiro atoms. The lowest BCUT2D eigenvalue weighted by molar-refractivity contribution is 0.0941. The van der Waals surface area contributed by atoms with Gasteiger partial charge in [0.2, 0.25) is 11.8 Å². The number of hydrogen-bond donors (Lipinski definition) is 2. The normalized spacial score (nSPS) is 23.6. The first-order valence-corrected chi connectivity index (χ1v) is 5.25. The van der Waals surface area contributed by atoms with Crippen LogP contribution in [0.4, 0.5) is 0 Å². The summed E-state index contributed by atoms with van der Waals surface area (Å²) in [5.41, 5.74) is 12.0. The van der Waals surface area contributed by atoms with E-state index in [1.807, 2.05) is 0 Å². The molecule has 0 aromatic carbocycles. The zero-order chi connectivity index (χ0) is 11.7. The SMILES string of the molecule is Cc1cc(C(N)=O)cc(OC2CC(N)C2)n1. The van der Waals surface area contributed by atoms with Crippen LogP contribution in [0.2, 0.25) is 0 Å². The fourth-order valence-corrected chi connectivity index (χ4v) is 1.71. The van der Waals surface area contributed by atoms with Gasteiger partial charge in [0.15, 0.2) is 0 Å². The number of aryl methyl sites for hydroxylation is 1. The molecular weight excluding hydrogens is 206 g/mol. The molecule has 0 saturated heterocycles. The van der Waals surface area contributed by atoms with Gasteiger partial charge in [-0.25, -0.2) is 4.98 Å². The van der Waals surface area contributed by atoms with Gasteiger partial charge in [-0.1, -0.05) is 0 Å². The Hall–Kier alpha value is -1.62. The van der Waals surface area contributed by atoms with Crippen LogP contribution in [-0.2, 0) is 0 Å². The van der Waals surface area contributed by atoms with Gasteiger partial charge in [-0.3, -0.25) is 4.79 Å². The molecule has 1 aliphatic rings. The van der Waals surface area contributed by atoms with Crippen LogP contribution in [0.15, 0.2) is 12.1 Å². The number of aromatic nitrogens is 1. The minimum absolute atomic E-state index is 0.116. The number of amides is 1. The van der Waals surface area contributed by atoms with E-state index in [9.17, 15) is 4.79 Å². The molecule has 1 amide bonds. The number of carbonyl (C=O) groups excluding carboxylic acids is 1. The minimum Gasteiger partial charge on any atom is -0.474 e. The molecule has 5 heteroatoms. The number of rotatable bonds is 3. The van der Waals surface area contributed by atoms with Gasteiger partial charge in [-0.15, -0.1) is 0 Å². The standard InChI is InChI=1S/C11H15N3O2/c1-6-2-7(11(13)15)3-10(14-6)16-9-4-8(12)5-9/h2-3,8-9H,4-5,12H2,1H3,(H2,13,15). The van der Waals surface area contributed by atoms with Crippen molar-refractivity contribution in [3.63, 3.8) is 0 Å². The number of nitrogens with two attached hydrogens (primary N) is 2. The summed E-state index contributed by atoms with van der Waals surface area (Å²) in [5, 5.41) is 0. The first-order valence-electron chi connectivity index (χ1n) is 5.25. The Morgan fingerprint density at radius 1 is 1.50 bits per heavy atom. The van der Waals surface area contributed by atoms with Crippen molar-refractivity contribution < 1.29 is 9.53 Å². The molecule has 5 nitrogen and oxygen atoms in total. The third-order valence-corrected chi connectivity index (χ3v) is 2.63. The van der Waals surface area contributed by atoms with Crippen molar-refractivity contribution >= 4 is 5.91 Å². The van der Waals surface area contributed by atoms with E-state index in [4.69, 9.17) is 16.2 Å². The highest BCUT2D eigenvalue weighted by molar-refractivity contribution is 5.93. The highest BCUT2D eigenvalue weighted by Crippen LogP contribution is 2.24. The second-order valence-electron chi connectivity index (χ2n) is 4.17. The largest absolute Gasteiger partial charge is 0.474 e. The van der Waals surface area contributed by atoms with Gasteiger partial charge in [0, 0.05) is 23.4 Å². The van der Waals surface area contributed by atoms with Crippen molar-refractivity contribution in [2.24, 2.45) is 11.5 Å². The van der Waals surface area contributed by atoms with Crippen molar-refractivity contribution in [3.8, 4) is 5.88 Å². The van der Waals surface area contributed by atoms with Crippen LogP contribution >= 0.6 is 0 Å². The van der Waals surface area contributed by atoms with E-state index in [1.165, 1.54) is 0 Å². The van der Waals surface area contributed by atoms with Gasteiger partial charge in [0.05, 0.1) is 0 Å². The molecule has 1 aromatic rings. The van der Waals surface area contributed by atoms with Crippen LogP contribution in [-0.4, -0.2) is 23.0 Å². The molecule has 2 rings (SSSR count). The van der Waals surface area contributed by atoms with Gasteiger partial charge >= 0.3 is 0 Å². The monoisotopic (exact) mass is 221 g/mol. The highest BCUT2D eigenvalue weighted by Gasteiger charge is 2.28. The Bertz CT molecular complexity index is 414. The summed E-state index contributed by atoms with van der Waals surface area (Å²) in [7, 11) is 0. The molecule has 0 unspecified atom stereocenters. The van der Waals surface area contributed by atoms with Gasteiger partial charge in [-0.2, -0.15) is 0 Å². The average molecular weight is 221 g/mol. The Labute approximate surface area is 93.8 Å². The minimum atomic E-state index is -0.472. The van der Waals surface area contributed by atoms with Gasteiger partial charge in [0.1, 0.15) is 6.10 Å². The van der Waals surface area contributed by atoms with Crippen LogP contribution in [0.5, 0.6) is 5.88 Å². The molecule has 1 aliphatic carbocycles. The highest BCUT2D eigenvalue weighted by atomic mass is 16.5. The number of carbonyl (C=O) groups is 1. The topological polar surface area (TPSA) is 91.2 Å². The maximum Gasteiger partial charge on any atom is 0.248 e. The zero-order valence-corrected chi connectivity index (χ0v) is 9.14. The van der Waals surface area contributed by atoms with E-state index in [-0.39, 0.29) is 12.1 Å². The van der Waals surface area contributed by atoms with Crippen molar-refractivity contribution in [3.05, 3.63) is 23.4 Å². The van der Waals surface area contributed by atoms with Crippen molar-refractivity contribution in [1.29, 1.82) is 0 Å². The quantitative estimate of drug-likeness (QED) is 0.770. The number of nitrogens with zero attached hydrogens (tertiary/aromatic N) is 1. The van der Waals surface area contributed by atoms with Crippen LogP contribution in [0.1, 0.15) is 28.9 Å². The van der Waals surface area contributed by atoms with E-state index >= 15 is 0 Å². The number of ether oxygens (including phenoxy) is 1. The van der Waals surface area contributed by atoms with Gasteiger partial charge < -0.3 is 16.2 Å². The van der Waals surface area contributed by atoms with E-state index in [1.54, 1.807) is 19.1 Å². The first-order chi connectivity index (χ1) is 7.54. The zero-order valence-electron chi connectivity index (χ0n) is 9.14. The Morgan fingerprint density at radius 3 is 2.75 bits per heavy atom. The molecule has 0 aliphatic heterocycles. The van der Waals surface area contributed by atoms with Gasteiger partial charge in [0.25, 0.3) is 0 Å². The van der Waals surface area contributed by atoms with Crippen molar-refractivity contribution in [2.75, 3.05) is 0 Å². The molecule has 86 valence electrons. The molecule has 1 fully saturated rings. The van der Waals surface area contributed by atoms with E-state index in [0.29, 0.717) is 11.4 Å². The molecule has 1 saturated carbocycles. The van der Waals surface area contributed by atoms with Crippen molar-refractivity contribution in [1.82, 2.24) is 4.98 Å². The summed E-state index contributed by atoms with van der Waals surface area (Å²) in [4.78, 5) is 15.2. The summed E-state index contributed by atoms with van der Waals surface area (Å²) in [5.74, 6) is -0.0219. The second kappa shape index (κ2) is 4.09. The lowest BCUT2D eigenvalue weighted by Crippen LogP contribution is -2.43. The predicted molar refractivity (Wildman–Crippen MR) is 59.1 cm³/mol. The summed E-state index contributed by atoms with van der Waals surface area (Å²) < 4.78 is 5.59. The molecule has 1 heterocycles. The molecule has 0 radical (unpaired) electrons. The fourth-order valence-electron chi connectivity index (χ4n) is 1.71. The Morgan fingerprint density at radius 2 is 2.19 bits per heavy atom. The second-order valence-corrected chi connectivity index (χ2v) is 4.17. The van der Waals surface area contributed by atoms with Crippen molar-refractivity contribution in [2.45, 2.75) is 31.9 Å². The molecule has 0 atom stereocenters. The fraction of sp³-hybridized carbons (Fsp3) is 0.455. The average Bonchev–Trinajstić information content (AvgIpc) is 2.14. The molecule has 16 heavy (non-hydrogen) atoms. The number of primary amides is 1. The number of hydrogen-bond acceptors (Lipinski definition) is 4. The van der Waals surface area contributed by atoms with Crippen LogP contribution < -0.4 is 16.2 Å². The smallest absolute Gasteiger partial charge is 0.248 e. The summed E-state index contributed by atoms with van der Waals surface area (Å²) in [6.45, 7) is 1.80. The maximum absolute atomic E-state index is 11.0. The molecular formula is C11H15N3O2. The van der Waals surface area contributed by atoms with Crippen LogP contribution in [0, 0.1) is 6.92 Å². The summed E-state index contributed by atoms with van der Waals surface area (Å²) in [6.07, 6.45) is 1.79. The first kappa shape index (κ1) is 10.9. The predicted octanol–water partition coefficient (Wildman–Crippen LogP) is 0.357. The van der Waals surface area contributed by atoms with Crippen LogP contribution in [0.25, 0.3) is 0 Å². The van der Waals surface area contributed by atoms with E-state index in [2.05, 4.69) is 4.98 Å². The van der Waals surface area contributed by atoms with Gasteiger partial charge in [-0.05, 0) is 25.8 Å². The number of pyridine rings is 1. The molecule has 1 aromatic heterocycles. The third kappa shape index (κ3) is 2.30. The van der Waals surface area contributed by atoms with E-state index < -0.39 is 5.91 Å². The Balaban J connectivity index is 2.11. The lowest BCUT2D eigenvalue weighted by atomic mass is 9.90. The summed E-state index contributed by atoms with van der Waals surface area (Å²) >= 11 is 0.